The summed E-state index contributed by atoms with van der Waals surface area (Å²) in [6.07, 6.45) is 7.50. The van der Waals surface area contributed by atoms with Crippen LogP contribution >= 0.6 is 11.6 Å². The van der Waals surface area contributed by atoms with Crippen LogP contribution in [0.4, 0.5) is 5.95 Å². The maximum absolute atomic E-state index is 6.11. The summed E-state index contributed by atoms with van der Waals surface area (Å²) in [5.41, 5.74) is 6.70. The molecular formula is C13H17ClN6. The quantitative estimate of drug-likeness (QED) is 0.912. The summed E-state index contributed by atoms with van der Waals surface area (Å²) in [7, 11) is 2.15. The summed E-state index contributed by atoms with van der Waals surface area (Å²) in [5.74, 6) is 1.29. The van der Waals surface area contributed by atoms with E-state index in [-0.39, 0.29) is 5.95 Å². The van der Waals surface area contributed by atoms with Crippen LogP contribution in [0.2, 0.25) is 5.02 Å². The molecule has 2 aromatic rings. The van der Waals surface area contributed by atoms with Crippen LogP contribution in [0.15, 0.2) is 18.7 Å². The second-order valence-corrected chi connectivity index (χ2v) is 5.59. The highest BCUT2D eigenvalue weighted by Crippen LogP contribution is 2.27. The summed E-state index contributed by atoms with van der Waals surface area (Å²) in [6.45, 7) is 2.22. The van der Waals surface area contributed by atoms with Crippen molar-refractivity contribution in [3.05, 3.63) is 29.4 Å². The molecule has 0 aromatic carbocycles. The summed E-state index contributed by atoms with van der Waals surface area (Å²) >= 11 is 6.11. The number of rotatable bonds is 2. The van der Waals surface area contributed by atoms with E-state index in [2.05, 4.69) is 26.9 Å². The second kappa shape index (κ2) is 5.38. The number of piperidine rings is 1. The monoisotopic (exact) mass is 292 g/mol. The van der Waals surface area contributed by atoms with Gasteiger partial charge in [-0.05, 0) is 33.0 Å². The molecule has 1 aliphatic heterocycles. The van der Waals surface area contributed by atoms with Gasteiger partial charge in [0.15, 0.2) is 5.82 Å². The number of nitrogens with zero attached hydrogens (tertiary/aromatic N) is 5. The largest absolute Gasteiger partial charge is 0.368 e. The molecule has 3 heterocycles. The lowest BCUT2D eigenvalue weighted by Crippen LogP contribution is -2.29. The Morgan fingerprint density at radius 1 is 1.30 bits per heavy atom. The third-order valence-corrected chi connectivity index (χ3v) is 3.99. The number of imidazole rings is 1. The smallest absolute Gasteiger partial charge is 0.222 e. The molecule has 0 unspecified atom stereocenters. The Bertz CT molecular complexity index is 603. The van der Waals surface area contributed by atoms with Gasteiger partial charge in [-0.15, -0.1) is 0 Å². The zero-order valence-electron chi connectivity index (χ0n) is 11.3. The van der Waals surface area contributed by atoms with E-state index < -0.39 is 0 Å². The van der Waals surface area contributed by atoms with Crippen molar-refractivity contribution in [3.8, 4) is 5.82 Å². The molecular weight excluding hydrogens is 276 g/mol. The molecule has 3 rings (SSSR count). The fraction of sp³-hybridized carbons (Fsp3) is 0.462. The predicted octanol–water partition coefficient (Wildman–Crippen LogP) is 1.71. The molecule has 2 N–H and O–H groups in total. The molecule has 0 spiro atoms. The third kappa shape index (κ3) is 2.62. The van der Waals surface area contributed by atoms with Gasteiger partial charge in [-0.2, -0.15) is 4.98 Å². The molecule has 0 saturated carbocycles. The van der Waals surface area contributed by atoms with E-state index in [0.717, 1.165) is 31.6 Å². The van der Waals surface area contributed by atoms with E-state index in [1.165, 1.54) is 6.20 Å². The maximum Gasteiger partial charge on any atom is 0.222 e. The second-order valence-electron chi connectivity index (χ2n) is 5.18. The van der Waals surface area contributed by atoms with Crippen molar-refractivity contribution in [2.45, 2.75) is 18.8 Å². The maximum atomic E-state index is 6.11. The van der Waals surface area contributed by atoms with Crippen LogP contribution in [0.3, 0.4) is 0 Å². The molecule has 1 fully saturated rings. The summed E-state index contributed by atoms with van der Waals surface area (Å²) in [6, 6.07) is 0. The highest BCUT2D eigenvalue weighted by Gasteiger charge is 2.21. The minimum Gasteiger partial charge on any atom is -0.368 e. The lowest BCUT2D eigenvalue weighted by atomic mass is 9.94. The normalized spacial score (nSPS) is 17.5. The van der Waals surface area contributed by atoms with Crippen molar-refractivity contribution in [2.24, 2.45) is 0 Å². The fourth-order valence-electron chi connectivity index (χ4n) is 2.52. The molecule has 0 amide bonds. The van der Waals surface area contributed by atoms with Crippen molar-refractivity contribution < 1.29 is 0 Å². The topological polar surface area (TPSA) is 72.9 Å². The fourth-order valence-corrected chi connectivity index (χ4v) is 2.71. The van der Waals surface area contributed by atoms with Gasteiger partial charge in [-0.25, -0.2) is 9.97 Å². The van der Waals surface area contributed by atoms with Gasteiger partial charge in [-0.3, -0.25) is 4.57 Å². The molecule has 1 saturated heterocycles. The Morgan fingerprint density at radius 3 is 2.80 bits per heavy atom. The number of likely N-dealkylation sites (tertiary alicyclic amines) is 1. The van der Waals surface area contributed by atoms with E-state index in [0.29, 0.717) is 16.8 Å². The zero-order valence-corrected chi connectivity index (χ0v) is 12.1. The number of halogens is 1. The van der Waals surface area contributed by atoms with E-state index in [9.17, 15) is 0 Å². The Kier molecular flexibility index (Phi) is 3.58. The van der Waals surface area contributed by atoms with Gasteiger partial charge in [0.25, 0.3) is 0 Å². The first-order chi connectivity index (χ1) is 9.63. The van der Waals surface area contributed by atoms with E-state index in [1.807, 2.05) is 10.8 Å². The Balaban J connectivity index is 1.85. The van der Waals surface area contributed by atoms with E-state index >= 15 is 0 Å². The molecule has 0 bridgehead atoms. The predicted molar refractivity (Wildman–Crippen MR) is 78.0 cm³/mol. The van der Waals surface area contributed by atoms with Crippen LogP contribution in [0.5, 0.6) is 0 Å². The molecule has 106 valence electrons. The van der Waals surface area contributed by atoms with E-state index in [1.54, 1.807) is 6.33 Å². The van der Waals surface area contributed by atoms with Gasteiger partial charge in [-0.1, -0.05) is 11.6 Å². The van der Waals surface area contributed by atoms with Crippen LogP contribution in [-0.4, -0.2) is 44.6 Å². The lowest BCUT2D eigenvalue weighted by Gasteiger charge is -2.27. The average molecular weight is 293 g/mol. The van der Waals surface area contributed by atoms with Gasteiger partial charge < -0.3 is 10.6 Å². The van der Waals surface area contributed by atoms with Crippen molar-refractivity contribution >= 4 is 17.5 Å². The molecule has 1 aliphatic rings. The van der Waals surface area contributed by atoms with Crippen LogP contribution < -0.4 is 5.73 Å². The number of anilines is 1. The minimum absolute atomic E-state index is 0.207. The number of hydrogen-bond donors (Lipinski definition) is 1. The molecule has 2 aromatic heterocycles. The zero-order chi connectivity index (χ0) is 14.1. The molecule has 6 nitrogen and oxygen atoms in total. The Morgan fingerprint density at radius 2 is 2.05 bits per heavy atom. The summed E-state index contributed by atoms with van der Waals surface area (Å²) in [4.78, 5) is 14.9. The first-order valence-corrected chi connectivity index (χ1v) is 7.02. The third-order valence-electron chi connectivity index (χ3n) is 3.73. The molecule has 7 heteroatoms. The molecule has 0 radical (unpaired) electrons. The highest BCUT2D eigenvalue weighted by molar-refractivity contribution is 6.32. The SMILES string of the molecule is CN1CCC(c2cn(-c3nc(N)ncc3Cl)cn2)CC1. The minimum atomic E-state index is 0.207. The van der Waals surface area contributed by atoms with Crippen LogP contribution in [0.25, 0.3) is 5.82 Å². The summed E-state index contributed by atoms with van der Waals surface area (Å²) < 4.78 is 1.81. The lowest BCUT2D eigenvalue weighted by molar-refractivity contribution is 0.253. The van der Waals surface area contributed by atoms with E-state index in [4.69, 9.17) is 17.3 Å². The van der Waals surface area contributed by atoms with Crippen LogP contribution in [0, 0.1) is 0 Å². The summed E-state index contributed by atoms with van der Waals surface area (Å²) in [5, 5.41) is 0.464. The van der Waals surface area contributed by atoms with Gasteiger partial charge in [0, 0.05) is 12.1 Å². The average Bonchev–Trinajstić information content (AvgIpc) is 2.92. The Hall–Kier alpha value is -1.66. The van der Waals surface area contributed by atoms with Crippen LogP contribution in [-0.2, 0) is 0 Å². The first-order valence-electron chi connectivity index (χ1n) is 6.64. The molecule has 0 aliphatic carbocycles. The molecule has 20 heavy (non-hydrogen) atoms. The van der Waals surface area contributed by atoms with Crippen molar-refractivity contribution in [1.82, 2.24) is 24.4 Å². The van der Waals surface area contributed by atoms with Gasteiger partial charge in [0.1, 0.15) is 11.3 Å². The number of hydrogen-bond acceptors (Lipinski definition) is 5. The number of nitrogens with two attached hydrogens (primary N) is 1. The first kappa shape index (κ1) is 13.3. The standard InChI is InChI=1S/C13H17ClN6/c1-19-4-2-9(3-5-19)11-7-20(8-17-11)12-10(14)6-16-13(15)18-12/h6-9H,2-5H2,1H3,(H2,15,16,18). The van der Waals surface area contributed by atoms with Gasteiger partial charge >= 0.3 is 0 Å². The number of aromatic nitrogens is 4. The highest BCUT2D eigenvalue weighted by atomic mass is 35.5. The van der Waals surface area contributed by atoms with Gasteiger partial charge in [0.2, 0.25) is 5.95 Å². The van der Waals surface area contributed by atoms with Crippen molar-refractivity contribution in [1.29, 1.82) is 0 Å². The Labute approximate surface area is 122 Å². The number of nitrogen functional groups attached to an aromatic ring is 1. The van der Waals surface area contributed by atoms with Crippen molar-refractivity contribution in [2.75, 3.05) is 25.9 Å². The van der Waals surface area contributed by atoms with Crippen molar-refractivity contribution in [3.63, 3.8) is 0 Å². The van der Waals surface area contributed by atoms with Crippen LogP contribution in [0.1, 0.15) is 24.5 Å². The molecule has 0 atom stereocenters. The van der Waals surface area contributed by atoms with Gasteiger partial charge in [0.05, 0.1) is 11.9 Å².